The molecular formula is C18H33N. The topological polar surface area (TPSA) is 3.24 Å². The summed E-state index contributed by atoms with van der Waals surface area (Å²) in [4.78, 5) is 2.42. The smallest absolute Gasteiger partial charge is 0.0361 e. The van der Waals surface area contributed by atoms with Gasteiger partial charge in [0.25, 0.3) is 0 Å². The van der Waals surface area contributed by atoms with E-state index in [1.165, 1.54) is 16.7 Å². The number of nitrogens with zero attached hydrogens (tertiary/aromatic N) is 1. The zero-order chi connectivity index (χ0) is 15.4. The van der Waals surface area contributed by atoms with Crippen molar-refractivity contribution >= 4 is 0 Å². The van der Waals surface area contributed by atoms with E-state index in [-0.39, 0.29) is 5.54 Å². The molecule has 0 aliphatic carbocycles. The van der Waals surface area contributed by atoms with Crippen LogP contribution in [0.2, 0.25) is 0 Å². The predicted molar refractivity (Wildman–Crippen MR) is 88.5 cm³/mol. The molecule has 0 aromatic heterocycles. The average Bonchev–Trinajstić information content (AvgIpc) is 2.27. The minimum Gasteiger partial charge on any atom is -0.291 e. The first-order chi connectivity index (χ1) is 8.51. The van der Waals surface area contributed by atoms with Gasteiger partial charge in [0.1, 0.15) is 0 Å². The molecule has 0 aliphatic heterocycles. The number of hydrogen-bond acceptors (Lipinski definition) is 1. The van der Waals surface area contributed by atoms with Gasteiger partial charge in [0.2, 0.25) is 0 Å². The molecule has 0 bridgehead atoms. The number of rotatable bonds is 8. The molecule has 0 saturated carbocycles. The molecule has 1 heteroatoms. The van der Waals surface area contributed by atoms with Crippen molar-refractivity contribution in [2.75, 3.05) is 7.05 Å². The Morgan fingerprint density at radius 1 is 1.11 bits per heavy atom. The zero-order valence-electron chi connectivity index (χ0n) is 14.1. The molecule has 0 aromatic rings. The van der Waals surface area contributed by atoms with Crippen LogP contribution in [0.25, 0.3) is 0 Å². The fraction of sp³-hybridized carbons (Fsp3) is 0.667. The second kappa shape index (κ2) is 7.09. The summed E-state index contributed by atoms with van der Waals surface area (Å²) in [7, 11) is 2.19. The van der Waals surface area contributed by atoms with Gasteiger partial charge in [0.15, 0.2) is 0 Å². The van der Waals surface area contributed by atoms with Crippen LogP contribution in [-0.2, 0) is 0 Å². The second-order valence-corrected chi connectivity index (χ2v) is 6.69. The highest BCUT2D eigenvalue weighted by molar-refractivity contribution is 5.17. The Morgan fingerprint density at radius 2 is 1.58 bits per heavy atom. The summed E-state index contributed by atoms with van der Waals surface area (Å²) in [6.07, 6.45) is 2.13. The Balaban J connectivity index is 5.17. The minimum absolute atomic E-state index is 0.0163. The Hall–Kier alpha value is -0.820. The SMILES string of the molecule is C=C(C)CCC(C(=C)C(C)C)N(C)C(C)(C)C(=C)C. The zero-order valence-corrected chi connectivity index (χ0v) is 14.1. The van der Waals surface area contributed by atoms with Crippen molar-refractivity contribution in [1.82, 2.24) is 4.90 Å². The van der Waals surface area contributed by atoms with Gasteiger partial charge in [-0.1, -0.05) is 43.7 Å². The van der Waals surface area contributed by atoms with E-state index in [4.69, 9.17) is 0 Å². The maximum absolute atomic E-state index is 4.33. The Morgan fingerprint density at radius 3 is 1.89 bits per heavy atom. The molecule has 0 amide bonds. The summed E-state index contributed by atoms with van der Waals surface area (Å²) in [5.41, 5.74) is 3.71. The maximum atomic E-state index is 4.33. The van der Waals surface area contributed by atoms with Gasteiger partial charge in [0.05, 0.1) is 0 Å². The van der Waals surface area contributed by atoms with Gasteiger partial charge in [-0.05, 0) is 53.5 Å². The van der Waals surface area contributed by atoms with E-state index in [2.05, 4.69) is 73.2 Å². The molecule has 0 aliphatic rings. The molecule has 0 aromatic carbocycles. The third kappa shape index (κ3) is 4.99. The van der Waals surface area contributed by atoms with Crippen molar-refractivity contribution < 1.29 is 0 Å². The maximum Gasteiger partial charge on any atom is 0.0361 e. The number of allylic oxidation sites excluding steroid dienone is 1. The predicted octanol–water partition coefficient (Wildman–Crippen LogP) is 5.21. The summed E-state index contributed by atoms with van der Waals surface area (Å²) in [5, 5.41) is 0. The first-order valence-electron chi connectivity index (χ1n) is 7.23. The van der Waals surface area contributed by atoms with E-state index >= 15 is 0 Å². The summed E-state index contributed by atoms with van der Waals surface area (Å²) in [6.45, 7) is 25.6. The van der Waals surface area contributed by atoms with Crippen LogP contribution in [0.3, 0.4) is 0 Å². The van der Waals surface area contributed by atoms with E-state index in [9.17, 15) is 0 Å². The Labute approximate surface area is 121 Å². The highest BCUT2D eigenvalue weighted by atomic mass is 15.2. The lowest BCUT2D eigenvalue weighted by Crippen LogP contribution is -2.49. The summed E-state index contributed by atoms with van der Waals surface area (Å²) < 4.78 is 0. The van der Waals surface area contributed by atoms with Gasteiger partial charge in [0, 0.05) is 11.6 Å². The van der Waals surface area contributed by atoms with Crippen LogP contribution < -0.4 is 0 Å². The summed E-state index contributed by atoms with van der Waals surface area (Å²) >= 11 is 0. The molecule has 0 radical (unpaired) electrons. The minimum atomic E-state index is -0.0163. The average molecular weight is 263 g/mol. The van der Waals surface area contributed by atoms with Crippen molar-refractivity contribution in [2.45, 2.75) is 66.0 Å². The van der Waals surface area contributed by atoms with Gasteiger partial charge in [-0.25, -0.2) is 0 Å². The number of hydrogen-bond donors (Lipinski definition) is 0. The van der Waals surface area contributed by atoms with Gasteiger partial charge < -0.3 is 0 Å². The first-order valence-corrected chi connectivity index (χ1v) is 7.23. The van der Waals surface area contributed by atoms with Gasteiger partial charge in [-0.3, -0.25) is 4.90 Å². The van der Waals surface area contributed by atoms with Gasteiger partial charge in [-0.2, -0.15) is 0 Å². The van der Waals surface area contributed by atoms with Crippen LogP contribution in [0.15, 0.2) is 36.5 Å². The van der Waals surface area contributed by atoms with Crippen LogP contribution in [-0.4, -0.2) is 23.5 Å². The van der Waals surface area contributed by atoms with Crippen LogP contribution >= 0.6 is 0 Å². The lowest BCUT2D eigenvalue weighted by Gasteiger charge is -2.43. The monoisotopic (exact) mass is 263 g/mol. The molecule has 0 heterocycles. The van der Waals surface area contributed by atoms with Crippen LogP contribution in [0, 0.1) is 5.92 Å². The number of likely N-dealkylation sites (N-methyl/N-ethyl adjacent to an activating group) is 1. The molecular weight excluding hydrogens is 230 g/mol. The highest BCUT2D eigenvalue weighted by Crippen LogP contribution is 2.30. The summed E-state index contributed by atoms with van der Waals surface area (Å²) in [5.74, 6) is 0.499. The molecule has 1 unspecified atom stereocenters. The van der Waals surface area contributed by atoms with E-state index in [0.717, 1.165) is 12.8 Å². The van der Waals surface area contributed by atoms with Crippen LogP contribution in [0.5, 0.6) is 0 Å². The molecule has 19 heavy (non-hydrogen) atoms. The van der Waals surface area contributed by atoms with E-state index in [1.54, 1.807) is 0 Å². The van der Waals surface area contributed by atoms with Crippen LogP contribution in [0.4, 0.5) is 0 Å². The lowest BCUT2D eigenvalue weighted by atomic mass is 9.86. The Bertz CT molecular complexity index is 347. The lowest BCUT2D eigenvalue weighted by molar-refractivity contribution is 0.139. The second-order valence-electron chi connectivity index (χ2n) is 6.69. The molecule has 0 fully saturated rings. The fourth-order valence-corrected chi connectivity index (χ4v) is 2.09. The third-order valence-corrected chi connectivity index (χ3v) is 4.41. The van der Waals surface area contributed by atoms with Crippen molar-refractivity contribution in [3.63, 3.8) is 0 Å². The fourth-order valence-electron chi connectivity index (χ4n) is 2.09. The van der Waals surface area contributed by atoms with Crippen molar-refractivity contribution in [1.29, 1.82) is 0 Å². The molecule has 1 nitrogen and oxygen atoms in total. The van der Waals surface area contributed by atoms with E-state index in [0.29, 0.717) is 12.0 Å². The molecule has 0 rings (SSSR count). The third-order valence-electron chi connectivity index (χ3n) is 4.41. The highest BCUT2D eigenvalue weighted by Gasteiger charge is 2.31. The normalized spacial score (nSPS) is 13.7. The molecule has 0 N–H and O–H groups in total. The van der Waals surface area contributed by atoms with Gasteiger partial charge >= 0.3 is 0 Å². The molecule has 0 saturated heterocycles. The van der Waals surface area contributed by atoms with Gasteiger partial charge in [-0.15, -0.1) is 6.58 Å². The van der Waals surface area contributed by atoms with E-state index in [1.807, 2.05) is 0 Å². The molecule has 1 atom stereocenters. The standard InChI is InChI=1S/C18H33N/c1-13(2)11-12-17(16(7)14(3)4)19(10)18(8,9)15(5)6/h14,17H,1,5,7,11-12H2,2-4,6,8-10H3. The van der Waals surface area contributed by atoms with Crippen LogP contribution in [0.1, 0.15) is 54.4 Å². The summed E-state index contributed by atoms with van der Waals surface area (Å²) in [6, 6.07) is 0.378. The largest absolute Gasteiger partial charge is 0.291 e. The quantitative estimate of drug-likeness (QED) is 0.543. The van der Waals surface area contributed by atoms with Crippen molar-refractivity contribution in [2.24, 2.45) is 5.92 Å². The van der Waals surface area contributed by atoms with E-state index < -0.39 is 0 Å². The van der Waals surface area contributed by atoms with Crippen molar-refractivity contribution in [3.8, 4) is 0 Å². The first kappa shape index (κ1) is 18.2. The molecule has 0 spiro atoms. The molecule has 110 valence electrons. The van der Waals surface area contributed by atoms with Crippen molar-refractivity contribution in [3.05, 3.63) is 36.5 Å². The Kier molecular flexibility index (Phi) is 6.79.